The minimum Gasteiger partial charge on any atom is -0.354 e. The third-order valence-corrected chi connectivity index (χ3v) is 2.77. The molecule has 1 aromatic carbocycles. The van der Waals surface area contributed by atoms with Crippen molar-refractivity contribution >= 4 is 11.6 Å². The summed E-state index contributed by atoms with van der Waals surface area (Å²) in [6, 6.07) is 3.15. The van der Waals surface area contributed by atoms with Gasteiger partial charge in [0.1, 0.15) is 0 Å². The number of benzene rings is 1. The lowest BCUT2D eigenvalue weighted by Gasteiger charge is -2.37. The molecule has 0 heterocycles. The molecule has 0 saturated carbocycles. The van der Waals surface area contributed by atoms with Crippen molar-refractivity contribution in [3.8, 4) is 0 Å². The lowest BCUT2D eigenvalue weighted by atomic mass is 9.91. The molecule has 1 N–H and O–H groups in total. The molecule has 1 rings (SSSR count). The summed E-state index contributed by atoms with van der Waals surface area (Å²) < 4.78 is 83.0. The highest BCUT2D eigenvalue weighted by molar-refractivity contribution is 5.88. The molecule has 0 atom stereocenters. The highest BCUT2D eigenvalue weighted by atomic mass is 19.4. The van der Waals surface area contributed by atoms with Gasteiger partial charge in [-0.25, -0.2) is 0 Å². The minimum absolute atomic E-state index is 0.0750. The van der Waals surface area contributed by atoms with Gasteiger partial charge in [0.15, 0.2) is 0 Å². The van der Waals surface area contributed by atoms with Gasteiger partial charge in [-0.15, -0.1) is 0 Å². The Hall–Kier alpha value is -1.77. The zero-order chi connectivity index (χ0) is 17.2. The number of alkyl halides is 6. The molecule has 0 aliphatic rings. The quantitative estimate of drug-likeness (QED) is 0.848. The van der Waals surface area contributed by atoms with Crippen LogP contribution in [-0.4, -0.2) is 24.9 Å². The monoisotopic (exact) mass is 329 g/mol. The molecule has 124 valence electrons. The van der Waals surface area contributed by atoms with Gasteiger partial charge in [-0.3, -0.25) is 4.79 Å². The maximum Gasteiger partial charge on any atom is 0.430 e. The van der Waals surface area contributed by atoms with E-state index in [1.54, 1.807) is 0 Å². The summed E-state index contributed by atoms with van der Waals surface area (Å²) in [5.74, 6) is -0.504. The number of rotatable bonds is 4. The molecule has 3 nitrogen and oxygen atoms in total. The van der Waals surface area contributed by atoms with Crippen molar-refractivity contribution in [3.63, 3.8) is 0 Å². The molecule has 1 aromatic rings. The third-order valence-electron chi connectivity index (χ3n) is 2.77. The van der Waals surface area contributed by atoms with E-state index in [1.165, 1.54) is 0 Å². The maximum absolute atomic E-state index is 13.1. The summed E-state index contributed by atoms with van der Waals surface area (Å²) in [4.78, 5) is 10.8. The number of hydrogen-bond donors (Lipinski definition) is 1. The second-order valence-corrected chi connectivity index (χ2v) is 4.37. The van der Waals surface area contributed by atoms with Gasteiger partial charge >= 0.3 is 12.4 Å². The Labute approximate surface area is 122 Å². The molecule has 0 aliphatic heterocycles. The number of amides is 1. The molecule has 22 heavy (non-hydrogen) atoms. The number of ether oxygens (including phenoxy) is 1. The van der Waals surface area contributed by atoms with Crippen LogP contribution in [0.4, 0.5) is 32.0 Å². The van der Waals surface area contributed by atoms with E-state index >= 15 is 0 Å². The summed E-state index contributed by atoms with van der Waals surface area (Å²) >= 11 is 0. The van der Waals surface area contributed by atoms with E-state index in [4.69, 9.17) is 0 Å². The van der Waals surface area contributed by atoms with Crippen LogP contribution in [0.2, 0.25) is 0 Å². The van der Waals surface area contributed by atoms with Crippen LogP contribution in [0, 0.1) is 0 Å². The average Bonchev–Trinajstić information content (AvgIpc) is 2.33. The SMILES string of the molecule is CCOC(c1ccc(NC(C)=O)cc1)(C(F)(F)F)C(F)(F)F. The topological polar surface area (TPSA) is 38.3 Å². The van der Waals surface area contributed by atoms with Gasteiger partial charge in [0.2, 0.25) is 5.91 Å². The largest absolute Gasteiger partial charge is 0.430 e. The lowest BCUT2D eigenvalue weighted by molar-refractivity contribution is -0.388. The zero-order valence-electron chi connectivity index (χ0n) is 11.6. The Morgan fingerprint density at radius 2 is 1.50 bits per heavy atom. The standard InChI is InChI=1S/C13H13F6NO2/c1-3-22-11(12(14,15)16,13(17,18)19)9-4-6-10(7-5-9)20-8(2)21/h4-7H,3H2,1-2H3,(H,20,21). The summed E-state index contributed by atoms with van der Waals surface area (Å²) in [5, 5.41) is 2.25. The number of nitrogens with one attached hydrogen (secondary N) is 1. The first kappa shape index (κ1) is 18.3. The Bertz CT molecular complexity index is 507. The van der Waals surface area contributed by atoms with Gasteiger partial charge in [-0.1, -0.05) is 12.1 Å². The van der Waals surface area contributed by atoms with Crippen molar-refractivity contribution in [2.45, 2.75) is 31.8 Å². The van der Waals surface area contributed by atoms with E-state index in [-0.39, 0.29) is 5.69 Å². The molecule has 0 unspecified atom stereocenters. The van der Waals surface area contributed by atoms with Gasteiger partial charge in [-0.2, -0.15) is 26.3 Å². The van der Waals surface area contributed by atoms with E-state index in [0.29, 0.717) is 12.1 Å². The lowest BCUT2D eigenvalue weighted by Crippen LogP contribution is -2.56. The van der Waals surface area contributed by atoms with Crippen molar-refractivity contribution in [2.75, 3.05) is 11.9 Å². The van der Waals surface area contributed by atoms with E-state index in [0.717, 1.165) is 26.0 Å². The first-order valence-corrected chi connectivity index (χ1v) is 6.11. The predicted octanol–water partition coefficient (Wildman–Crippen LogP) is 4.00. The van der Waals surface area contributed by atoms with Crippen molar-refractivity contribution < 1.29 is 35.9 Å². The Morgan fingerprint density at radius 3 is 1.82 bits per heavy atom. The van der Waals surface area contributed by atoms with Gasteiger partial charge in [0.25, 0.3) is 5.60 Å². The number of carbonyl (C=O) groups excluding carboxylic acids is 1. The Kier molecular flexibility index (Phi) is 5.11. The third kappa shape index (κ3) is 3.34. The molecule has 1 amide bonds. The molecule has 0 fully saturated rings. The van der Waals surface area contributed by atoms with Gasteiger partial charge in [0, 0.05) is 24.8 Å². The van der Waals surface area contributed by atoms with Crippen molar-refractivity contribution in [2.24, 2.45) is 0 Å². The molecular weight excluding hydrogens is 316 g/mol. The number of halogens is 6. The van der Waals surface area contributed by atoms with E-state index in [2.05, 4.69) is 10.1 Å². The number of carbonyl (C=O) groups is 1. The molecule has 0 aliphatic carbocycles. The fraction of sp³-hybridized carbons (Fsp3) is 0.462. The normalized spacial score (nSPS) is 13.1. The summed E-state index contributed by atoms with van der Waals surface area (Å²) in [6.07, 6.45) is -11.4. The number of anilines is 1. The highest BCUT2D eigenvalue weighted by Crippen LogP contribution is 2.52. The number of hydrogen-bond acceptors (Lipinski definition) is 2. The van der Waals surface area contributed by atoms with Crippen LogP contribution in [0.25, 0.3) is 0 Å². The summed E-state index contributed by atoms with van der Waals surface area (Å²) in [7, 11) is 0. The molecule has 0 aromatic heterocycles. The second kappa shape index (κ2) is 6.15. The van der Waals surface area contributed by atoms with Gasteiger partial charge in [-0.05, 0) is 19.1 Å². The van der Waals surface area contributed by atoms with Gasteiger partial charge in [0.05, 0.1) is 0 Å². The smallest absolute Gasteiger partial charge is 0.354 e. The second-order valence-electron chi connectivity index (χ2n) is 4.37. The molecule has 0 saturated heterocycles. The predicted molar refractivity (Wildman–Crippen MR) is 66.2 cm³/mol. The molecule has 9 heteroatoms. The molecule has 0 radical (unpaired) electrons. The van der Waals surface area contributed by atoms with Crippen molar-refractivity contribution in [3.05, 3.63) is 29.8 Å². The van der Waals surface area contributed by atoms with E-state index in [9.17, 15) is 31.1 Å². The van der Waals surface area contributed by atoms with Crippen LogP contribution in [0.1, 0.15) is 19.4 Å². The highest BCUT2D eigenvalue weighted by Gasteiger charge is 2.73. The molecular formula is C13H13F6NO2. The zero-order valence-corrected chi connectivity index (χ0v) is 11.6. The van der Waals surface area contributed by atoms with Crippen LogP contribution in [-0.2, 0) is 15.1 Å². The Morgan fingerprint density at radius 1 is 1.05 bits per heavy atom. The summed E-state index contributed by atoms with van der Waals surface area (Å²) in [5.41, 5.74) is -5.45. The minimum atomic E-state index is -5.70. The Balaban J connectivity index is 3.42. The van der Waals surface area contributed by atoms with Crippen LogP contribution in [0.3, 0.4) is 0 Å². The van der Waals surface area contributed by atoms with Crippen LogP contribution in [0.5, 0.6) is 0 Å². The van der Waals surface area contributed by atoms with Crippen molar-refractivity contribution in [1.29, 1.82) is 0 Å². The summed E-state index contributed by atoms with van der Waals surface area (Å²) in [6.45, 7) is 1.41. The molecule has 0 spiro atoms. The first-order chi connectivity index (χ1) is 9.95. The maximum atomic E-state index is 13.1. The average molecular weight is 329 g/mol. The van der Waals surface area contributed by atoms with Crippen LogP contribution < -0.4 is 5.32 Å². The van der Waals surface area contributed by atoms with E-state index in [1.807, 2.05) is 0 Å². The molecule has 0 bridgehead atoms. The fourth-order valence-electron chi connectivity index (χ4n) is 1.94. The van der Waals surface area contributed by atoms with Gasteiger partial charge < -0.3 is 10.1 Å². The van der Waals surface area contributed by atoms with Crippen LogP contribution >= 0.6 is 0 Å². The van der Waals surface area contributed by atoms with Crippen molar-refractivity contribution in [1.82, 2.24) is 0 Å². The van der Waals surface area contributed by atoms with Crippen LogP contribution in [0.15, 0.2) is 24.3 Å². The van der Waals surface area contributed by atoms with E-state index < -0.39 is 36.0 Å². The first-order valence-electron chi connectivity index (χ1n) is 6.11. The fourth-order valence-corrected chi connectivity index (χ4v) is 1.94.